The van der Waals surface area contributed by atoms with Crippen LogP contribution in [0.5, 0.6) is 0 Å². The van der Waals surface area contributed by atoms with Gasteiger partial charge in [0.25, 0.3) is 11.7 Å². The highest BCUT2D eigenvalue weighted by atomic mass is 32.2. The van der Waals surface area contributed by atoms with Crippen molar-refractivity contribution >= 4 is 23.6 Å². The number of carbonyl (C=O) groups is 2. The second-order valence-electron chi connectivity index (χ2n) is 3.42. The molecule has 1 rings (SSSR count). The number of carboxylic acids is 1. The Kier molecular flexibility index (Phi) is 5.68. The van der Waals surface area contributed by atoms with Crippen LogP contribution in [0.2, 0.25) is 0 Å². The molecule has 0 bridgehead atoms. The van der Waals surface area contributed by atoms with Crippen molar-refractivity contribution in [1.82, 2.24) is 5.32 Å². The molecule has 0 spiro atoms. The van der Waals surface area contributed by atoms with Crippen LogP contribution in [0.15, 0.2) is 29.2 Å². The Labute approximate surface area is 111 Å². The van der Waals surface area contributed by atoms with Crippen molar-refractivity contribution in [3.63, 3.8) is 0 Å². The molecular weight excluding hydrogens is 283 g/mol. The lowest BCUT2D eigenvalue weighted by Gasteiger charge is -2.10. The van der Waals surface area contributed by atoms with Crippen LogP contribution in [0, 0.1) is 0 Å². The Balaban J connectivity index is 2.70. The number of halogens is 3. The third-order valence-corrected chi connectivity index (χ3v) is 2.82. The summed E-state index contributed by atoms with van der Waals surface area (Å²) in [6.07, 6.45) is 0. The summed E-state index contributed by atoms with van der Waals surface area (Å²) < 4.78 is 36.4. The molecule has 0 heterocycles. The quantitative estimate of drug-likeness (QED) is 0.789. The van der Waals surface area contributed by atoms with Gasteiger partial charge in [0.2, 0.25) is 0 Å². The largest absolute Gasteiger partial charge is 0.480 e. The summed E-state index contributed by atoms with van der Waals surface area (Å²) in [5.74, 6) is -4.83. The van der Waals surface area contributed by atoms with Crippen LogP contribution < -0.4 is 5.32 Å². The lowest BCUT2D eigenvalue weighted by atomic mass is 10.2. The summed E-state index contributed by atoms with van der Waals surface area (Å²) >= 11 is 0.323. The molecule has 0 radical (unpaired) electrons. The molecule has 1 unspecified atom stereocenters. The van der Waals surface area contributed by atoms with Crippen molar-refractivity contribution in [3.8, 4) is 0 Å². The Morgan fingerprint density at radius 1 is 1.26 bits per heavy atom. The first-order chi connectivity index (χ1) is 8.93. The van der Waals surface area contributed by atoms with Crippen LogP contribution in [0.1, 0.15) is 10.4 Å². The number of hydrogen-bond acceptors (Lipinski definition) is 3. The predicted octanol–water partition coefficient (Wildman–Crippen LogP) is 2.15. The Hall–Kier alpha value is -1.70. The summed E-state index contributed by atoms with van der Waals surface area (Å²) in [4.78, 5) is 22.4. The molecule has 0 aliphatic heterocycles. The molecule has 1 aromatic carbocycles. The number of hydrogen-bond donors (Lipinski definition) is 2. The Morgan fingerprint density at radius 2 is 1.84 bits per heavy atom. The molecule has 0 aliphatic carbocycles. The summed E-state index contributed by atoms with van der Waals surface area (Å²) in [7, 11) is 0. The maximum Gasteiger partial charge on any atom is 0.328 e. The van der Waals surface area contributed by atoms with Crippen LogP contribution in [0.4, 0.5) is 13.2 Å². The van der Waals surface area contributed by atoms with Gasteiger partial charge in [0.1, 0.15) is 6.67 Å². The maximum atomic E-state index is 12.3. The highest BCUT2D eigenvalue weighted by molar-refractivity contribution is 7.99. The van der Waals surface area contributed by atoms with Crippen LogP contribution in [-0.2, 0) is 4.79 Å². The van der Waals surface area contributed by atoms with E-state index in [2.05, 4.69) is 0 Å². The van der Waals surface area contributed by atoms with E-state index in [1.165, 1.54) is 24.3 Å². The minimum Gasteiger partial charge on any atom is -0.480 e. The molecule has 0 aliphatic rings. The minimum atomic E-state index is -2.57. The first-order valence-corrected chi connectivity index (χ1v) is 5.96. The number of amides is 1. The normalized spacial score (nSPS) is 12.2. The van der Waals surface area contributed by atoms with Crippen molar-refractivity contribution in [1.29, 1.82) is 0 Å². The zero-order chi connectivity index (χ0) is 14.4. The van der Waals surface area contributed by atoms with E-state index in [4.69, 9.17) is 5.11 Å². The van der Waals surface area contributed by atoms with Crippen LogP contribution in [0.3, 0.4) is 0 Å². The fourth-order valence-corrected chi connectivity index (χ4v) is 1.69. The van der Waals surface area contributed by atoms with Gasteiger partial charge in [-0.25, -0.2) is 9.18 Å². The van der Waals surface area contributed by atoms with E-state index in [0.717, 1.165) is 0 Å². The average Bonchev–Trinajstić information content (AvgIpc) is 2.35. The van der Waals surface area contributed by atoms with Gasteiger partial charge in [-0.05, 0) is 24.3 Å². The van der Waals surface area contributed by atoms with Crippen molar-refractivity contribution in [2.75, 3.05) is 6.67 Å². The molecule has 0 saturated carbocycles. The van der Waals surface area contributed by atoms with Gasteiger partial charge in [-0.3, -0.25) is 4.79 Å². The van der Waals surface area contributed by atoms with Crippen molar-refractivity contribution in [2.45, 2.75) is 16.7 Å². The second kappa shape index (κ2) is 7.03. The van der Waals surface area contributed by atoms with Gasteiger partial charge in [-0.15, -0.1) is 0 Å². The topological polar surface area (TPSA) is 66.4 Å². The molecule has 0 fully saturated rings. The molecule has 8 heteroatoms. The molecule has 2 N–H and O–H groups in total. The number of alkyl halides is 3. The summed E-state index contributed by atoms with van der Waals surface area (Å²) in [6, 6.07) is 3.50. The highest BCUT2D eigenvalue weighted by Crippen LogP contribution is 2.25. The zero-order valence-electron chi connectivity index (χ0n) is 9.48. The van der Waals surface area contributed by atoms with Crippen molar-refractivity contribution in [3.05, 3.63) is 29.8 Å². The van der Waals surface area contributed by atoms with Crippen LogP contribution >= 0.6 is 11.8 Å². The van der Waals surface area contributed by atoms with Gasteiger partial charge in [0, 0.05) is 10.5 Å². The van der Waals surface area contributed by atoms with Gasteiger partial charge in [0.15, 0.2) is 6.04 Å². The van der Waals surface area contributed by atoms with Gasteiger partial charge in [0.05, 0.1) is 0 Å². The Bertz CT molecular complexity index is 453. The van der Waals surface area contributed by atoms with Gasteiger partial charge in [-0.2, -0.15) is 8.78 Å². The number of thioether (sulfide) groups is 1. The van der Waals surface area contributed by atoms with E-state index in [1.807, 2.05) is 5.32 Å². The number of benzene rings is 1. The van der Waals surface area contributed by atoms with Gasteiger partial charge >= 0.3 is 5.97 Å². The number of carbonyl (C=O) groups excluding carboxylic acids is 1. The minimum absolute atomic E-state index is 0.0679. The van der Waals surface area contributed by atoms with E-state index >= 15 is 0 Å². The molecule has 0 aromatic heterocycles. The summed E-state index contributed by atoms with van der Waals surface area (Å²) in [5, 5.41) is 10.5. The lowest BCUT2D eigenvalue weighted by molar-refractivity contribution is -0.139. The van der Waals surface area contributed by atoms with E-state index in [9.17, 15) is 22.8 Å². The first-order valence-electron chi connectivity index (χ1n) is 5.08. The number of carboxylic acid groups (broad SMARTS) is 1. The predicted molar refractivity (Wildman–Crippen MR) is 63.2 cm³/mol. The molecule has 1 aromatic rings. The standard InChI is InChI=1S/C11H10F3NO3S/c12-5-8(10(17)18)15-9(16)6-1-3-7(4-2-6)19-11(13)14/h1-4,8,11H,5H2,(H,15,16)(H,17,18). The fourth-order valence-electron chi connectivity index (χ4n) is 1.20. The monoisotopic (exact) mass is 293 g/mol. The number of rotatable bonds is 6. The summed E-state index contributed by atoms with van der Waals surface area (Å²) in [5.41, 5.74) is 0.0679. The van der Waals surface area contributed by atoms with Crippen molar-refractivity contribution < 1.29 is 27.9 Å². The lowest BCUT2D eigenvalue weighted by Crippen LogP contribution is -2.42. The number of nitrogens with one attached hydrogen (secondary N) is 1. The fraction of sp³-hybridized carbons (Fsp3) is 0.273. The Morgan fingerprint density at radius 3 is 2.26 bits per heavy atom. The van der Waals surface area contributed by atoms with E-state index < -0.39 is 30.4 Å². The first kappa shape index (κ1) is 15.4. The van der Waals surface area contributed by atoms with E-state index in [1.54, 1.807) is 0 Å². The van der Waals surface area contributed by atoms with Gasteiger partial charge < -0.3 is 10.4 Å². The molecule has 19 heavy (non-hydrogen) atoms. The smallest absolute Gasteiger partial charge is 0.328 e. The molecular formula is C11H10F3NO3S. The molecule has 104 valence electrons. The van der Waals surface area contributed by atoms with Crippen LogP contribution in [-0.4, -0.2) is 35.5 Å². The second-order valence-corrected chi connectivity index (χ2v) is 4.48. The molecule has 1 amide bonds. The molecule has 4 nitrogen and oxygen atoms in total. The van der Waals surface area contributed by atoms with E-state index in [-0.39, 0.29) is 10.5 Å². The third-order valence-electron chi connectivity index (χ3n) is 2.10. The zero-order valence-corrected chi connectivity index (χ0v) is 10.3. The molecule has 1 atom stereocenters. The van der Waals surface area contributed by atoms with Gasteiger partial charge in [-0.1, -0.05) is 11.8 Å². The van der Waals surface area contributed by atoms with Crippen LogP contribution in [0.25, 0.3) is 0 Å². The highest BCUT2D eigenvalue weighted by Gasteiger charge is 2.20. The SMILES string of the molecule is O=C(NC(CF)C(=O)O)c1ccc(SC(F)F)cc1. The summed E-state index contributed by atoms with van der Waals surface area (Å²) in [6.45, 7) is -1.24. The number of aliphatic carboxylic acids is 1. The maximum absolute atomic E-state index is 12.3. The molecule has 0 saturated heterocycles. The average molecular weight is 293 g/mol. The van der Waals surface area contributed by atoms with Crippen molar-refractivity contribution in [2.24, 2.45) is 0 Å². The third kappa shape index (κ3) is 4.82. The van der Waals surface area contributed by atoms with E-state index in [0.29, 0.717) is 11.8 Å².